The third-order valence-corrected chi connectivity index (χ3v) is 26.7. The first-order chi connectivity index (χ1) is 45.6. The zero-order valence-electron chi connectivity index (χ0n) is 56.9. The summed E-state index contributed by atoms with van der Waals surface area (Å²) in [4.78, 5) is 14.9. The van der Waals surface area contributed by atoms with Crippen molar-refractivity contribution >= 4 is 124 Å². The van der Waals surface area contributed by atoms with E-state index < -0.39 is 27.1 Å². The Morgan fingerprint density at radius 2 is 0.883 bits per heavy atom. The van der Waals surface area contributed by atoms with Crippen LogP contribution < -0.4 is 9.47 Å². The lowest BCUT2D eigenvalue weighted by atomic mass is 9.86. The SMILES string of the molecule is CCCCOP(=O)(CCc1cc(-c2c3nc(F)c(F)nc3c(-c3cc(CCP(=O)(OCCCC)OCCCC)c(-c4cc5c(OCC(CC)CCCC)c6sc(C)cc6c(OCC(CC)CCCC)c5s4)s3)c3c4ccccc4c4ccccc4c23)sc1C)OCCCC. The van der Waals surface area contributed by atoms with E-state index in [1.807, 2.05) is 31.2 Å². The van der Waals surface area contributed by atoms with Crippen molar-refractivity contribution in [2.45, 2.75) is 185 Å². The molecule has 0 radical (unpaired) electrons. The van der Waals surface area contributed by atoms with E-state index in [1.165, 1.54) is 4.88 Å². The third-order valence-electron chi connectivity index (χ3n) is 18.2. The van der Waals surface area contributed by atoms with Gasteiger partial charge in [-0.1, -0.05) is 168 Å². The van der Waals surface area contributed by atoms with Crippen molar-refractivity contribution in [1.82, 2.24) is 9.97 Å². The topological polar surface area (TPSA) is 115 Å². The van der Waals surface area contributed by atoms with Gasteiger partial charge in [0, 0.05) is 61.9 Å². The van der Waals surface area contributed by atoms with Gasteiger partial charge in [-0.05, 0) is 134 Å². The number of fused-ring (bicyclic) bond motifs is 9. The number of ether oxygens (including phenoxy) is 2. The molecule has 5 aromatic carbocycles. The van der Waals surface area contributed by atoms with Crippen LogP contribution in [0.25, 0.3) is 94.2 Å². The Balaban J connectivity index is 1.25. The average Bonchev–Trinajstić information content (AvgIpc) is 0.909. The molecule has 10 nitrogen and oxygen atoms in total. The van der Waals surface area contributed by atoms with Gasteiger partial charge in [0.15, 0.2) is 0 Å². The zero-order valence-corrected chi connectivity index (χ0v) is 62.0. The molecule has 0 N–H and O–H groups in total. The molecule has 0 aliphatic carbocycles. The molecule has 0 saturated carbocycles. The minimum Gasteiger partial charge on any atom is -0.491 e. The van der Waals surface area contributed by atoms with Gasteiger partial charge in [-0.25, -0.2) is 9.97 Å². The molecule has 0 fully saturated rings. The second-order valence-corrected chi connectivity index (χ2v) is 34.2. The Morgan fingerprint density at radius 3 is 1.34 bits per heavy atom. The summed E-state index contributed by atoms with van der Waals surface area (Å²) in [5.74, 6) is -0.107. The molecule has 2 unspecified atom stereocenters. The summed E-state index contributed by atoms with van der Waals surface area (Å²) in [6.07, 6.45) is 16.3. The van der Waals surface area contributed by atoms with Crippen molar-refractivity contribution in [3.8, 4) is 42.1 Å². The second-order valence-electron chi connectivity index (χ2n) is 25.2. The molecule has 10 rings (SSSR count). The van der Waals surface area contributed by atoms with Gasteiger partial charge in [0.1, 0.15) is 22.5 Å². The molecule has 2 atom stereocenters. The highest BCUT2D eigenvalue weighted by molar-refractivity contribution is 7.54. The largest absolute Gasteiger partial charge is 0.491 e. The van der Waals surface area contributed by atoms with Crippen LogP contribution in [-0.2, 0) is 40.1 Å². The lowest BCUT2D eigenvalue weighted by molar-refractivity contribution is 0.199. The zero-order chi connectivity index (χ0) is 66.5. The van der Waals surface area contributed by atoms with Gasteiger partial charge >= 0.3 is 15.2 Å². The lowest BCUT2D eigenvalue weighted by Gasteiger charge is -2.19. The van der Waals surface area contributed by atoms with E-state index in [4.69, 9.17) is 27.6 Å². The number of unbranched alkanes of at least 4 members (excludes halogenated alkanes) is 6. The first-order valence-electron chi connectivity index (χ1n) is 34.8. The monoisotopic (exact) mass is 1390 g/mol. The number of benzene rings is 5. The molecule has 0 spiro atoms. The molecule has 0 aliphatic rings. The molecule has 0 bridgehead atoms. The quantitative estimate of drug-likeness (QED) is 0.0160. The van der Waals surface area contributed by atoms with Crippen molar-refractivity contribution in [3.63, 3.8) is 0 Å². The molecule has 0 saturated heterocycles. The summed E-state index contributed by atoms with van der Waals surface area (Å²) in [6.45, 7) is 24.0. The molecule has 18 heteroatoms. The van der Waals surface area contributed by atoms with Crippen molar-refractivity contribution in [2.24, 2.45) is 11.8 Å². The van der Waals surface area contributed by atoms with E-state index in [2.05, 4.69) is 121 Å². The van der Waals surface area contributed by atoms with Gasteiger partial charge in [-0.2, -0.15) is 8.78 Å². The molecule has 10 aromatic rings. The molecule has 5 heterocycles. The summed E-state index contributed by atoms with van der Waals surface area (Å²) < 4.78 is 104. The predicted molar refractivity (Wildman–Crippen MR) is 398 cm³/mol. The fourth-order valence-corrected chi connectivity index (χ4v) is 20.7. The maximum absolute atomic E-state index is 16.6. The van der Waals surface area contributed by atoms with E-state index >= 15 is 13.3 Å². The Morgan fingerprint density at radius 1 is 0.468 bits per heavy atom. The molecular formula is C76H96F2N2O8P2S4. The van der Waals surface area contributed by atoms with Crippen LogP contribution in [0.5, 0.6) is 11.5 Å². The van der Waals surface area contributed by atoms with Crippen molar-refractivity contribution < 1.29 is 45.5 Å². The maximum Gasteiger partial charge on any atom is 0.331 e. The van der Waals surface area contributed by atoms with E-state index in [-0.39, 0.29) is 23.4 Å². The van der Waals surface area contributed by atoms with Gasteiger partial charge in [0.25, 0.3) is 11.9 Å². The Hall–Kier alpha value is -4.70. The van der Waals surface area contributed by atoms with Crippen LogP contribution in [0, 0.1) is 37.6 Å². The molecule has 0 aliphatic heterocycles. The summed E-state index contributed by atoms with van der Waals surface area (Å²) in [7, 11) is -7.11. The lowest BCUT2D eigenvalue weighted by Crippen LogP contribution is -2.12. The smallest absolute Gasteiger partial charge is 0.331 e. The van der Waals surface area contributed by atoms with E-state index in [0.717, 1.165) is 202 Å². The van der Waals surface area contributed by atoms with E-state index in [9.17, 15) is 4.57 Å². The van der Waals surface area contributed by atoms with Crippen LogP contribution in [0.3, 0.4) is 0 Å². The number of rotatable bonds is 39. The average molecular weight is 1390 g/mol. The molecule has 94 heavy (non-hydrogen) atoms. The number of aromatic nitrogens is 2. The van der Waals surface area contributed by atoms with Crippen LogP contribution in [-0.4, -0.2) is 61.9 Å². The molecule has 506 valence electrons. The summed E-state index contributed by atoms with van der Waals surface area (Å²) in [6, 6.07) is 25.4. The minimum atomic E-state index is -3.64. The fraction of sp³-hybridized carbons (Fsp3) is 0.500. The normalized spacial score (nSPS) is 13.1. The van der Waals surface area contributed by atoms with Gasteiger partial charge < -0.3 is 27.6 Å². The van der Waals surface area contributed by atoms with Crippen molar-refractivity contribution in [3.05, 3.63) is 106 Å². The Labute approximate surface area is 571 Å². The number of aryl methyl sites for hydroxylation is 4. The van der Waals surface area contributed by atoms with E-state index in [1.54, 1.807) is 45.3 Å². The van der Waals surface area contributed by atoms with Gasteiger partial charge in [0.05, 0.1) is 61.4 Å². The minimum absolute atomic E-state index is 0.122. The summed E-state index contributed by atoms with van der Waals surface area (Å²) in [5.41, 5.74) is 3.54. The third kappa shape index (κ3) is 16.4. The number of hydrogen-bond acceptors (Lipinski definition) is 14. The number of halogens is 2. The van der Waals surface area contributed by atoms with Gasteiger partial charge in [-0.15, -0.1) is 45.3 Å². The van der Waals surface area contributed by atoms with Crippen LogP contribution in [0.4, 0.5) is 8.78 Å². The highest BCUT2D eigenvalue weighted by Crippen LogP contribution is 2.58. The second kappa shape index (κ2) is 33.7. The van der Waals surface area contributed by atoms with Crippen LogP contribution in [0.15, 0.2) is 72.8 Å². The highest BCUT2D eigenvalue weighted by Gasteiger charge is 2.33. The standard InChI is InChI=1S/C76H96F2N2O8P2S4/c1-11-19-29-51(17-7)47-83-70-59-43-49(9)91-73(59)71(84-48-52(18-8)30-20-12-2)60-46-63(94-74(60)70)72-54(36-42-90(82,87-39-23-15-5)88-40-24-16-6)45-62(93-72)67-65-58-34-28-26-32-56(58)55-31-25-27-33-57(55)64(65)66(68-69(67)80-76(78)75(77)79-68)61-44-53(50(10)92-61)35-41-89(81,85-37-21-13-3)86-38-22-14-4/h25-28,31-34,43-46,51-52H,11-24,29-30,35-42,47-48H2,1-10H3. The first kappa shape index (κ1) is 72.1. The molecular weight excluding hydrogens is 1300 g/mol. The van der Waals surface area contributed by atoms with E-state index in [0.29, 0.717) is 75.4 Å². The van der Waals surface area contributed by atoms with Crippen LogP contribution in [0.2, 0.25) is 0 Å². The van der Waals surface area contributed by atoms with Crippen LogP contribution in [0.1, 0.15) is 179 Å². The number of nitrogens with zero attached hydrogens (tertiary/aromatic N) is 2. The van der Waals surface area contributed by atoms with Crippen molar-refractivity contribution in [2.75, 3.05) is 52.0 Å². The van der Waals surface area contributed by atoms with Gasteiger partial charge in [-0.3, -0.25) is 9.13 Å². The molecule has 0 amide bonds. The van der Waals surface area contributed by atoms with Crippen LogP contribution >= 0.6 is 60.5 Å². The highest BCUT2D eigenvalue weighted by atomic mass is 32.1. The van der Waals surface area contributed by atoms with Crippen molar-refractivity contribution in [1.29, 1.82) is 0 Å². The number of hydrogen-bond donors (Lipinski definition) is 0. The first-order valence-corrected chi connectivity index (χ1v) is 41.5. The Kier molecular flexibility index (Phi) is 25.8. The number of thiophene rings is 4. The summed E-state index contributed by atoms with van der Waals surface area (Å²) >= 11 is 6.54. The molecule has 5 aromatic heterocycles. The summed E-state index contributed by atoms with van der Waals surface area (Å²) in [5, 5.41) is 7.49. The predicted octanol–water partition coefficient (Wildman–Crippen LogP) is 25.5. The fourth-order valence-electron chi connectivity index (χ4n) is 12.6. The van der Waals surface area contributed by atoms with Gasteiger partial charge in [0.2, 0.25) is 0 Å². The maximum atomic E-state index is 16.6. The Bertz CT molecular complexity index is 4210.